The van der Waals surface area contributed by atoms with Crippen LogP contribution < -0.4 is 19.5 Å². The molecule has 38 heavy (non-hydrogen) atoms. The smallest absolute Gasteiger partial charge is 0.126 e. The van der Waals surface area contributed by atoms with Crippen molar-refractivity contribution in [3.63, 3.8) is 0 Å². The van der Waals surface area contributed by atoms with E-state index >= 15 is 0 Å². The van der Waals surface area contributed by atoms with Crippen LogP contribution >= 0.6 is 0 Å². The van der Waals surface area contributed by atoms with Gasteiger partial charge in [0.1, 0.15) is 30.5 Å². The molecule has 0 bridgehead atoms. The highest BCUT2D eigenvalue weighted by Crippen LogP contribution is 2.47. The quantitative estimate of drug-likeness (QED) is 0.204. The summed E-state index contributed by atoms with van der Waals surface area (Å²) >= 11 is 0. The number of nitrogens with one attached hydrogen (secondary N) is 1. The SMILES string of the molecule is CCCCNCCOc1ccc([C@H]2c3ccc(OCc4ccccc4)cc3OC[C@H]2c2ccccc2)cc1. The van der Waals surface area contributed by atoms with Crippen LogP contribution in [0.3, 0.4) is 0 Å². The van der Waals surface area contributed by atoms with Gasteiger partial charge >= 0.3 is 0 Å². The lowest BCUT2D eigenvalue weighted by atomic mass is 9.76. The van der Waals surface area contributed by atoms with Gasteiger partial charge in [0.05, 0.1) is 6.61 Å². The molecule has 1 aliphatic heterocycles. The molecule has 1 aliphatic rings. The minimum Gasteiger partial charge on any atom is -0.492 e. The fourth-order valence-corrected chi connectivity index (χ4v) is 5.06. The van der Waals surface area contributed by atoms with Crippen LogP contribution in [0.1, 0.15) is 53.9 Å². The maximum atomic E-state index is 6.34. The monoisotopic (exact) mass is 507 g/mol. The molecule has 4 nitrogen and oxygen atoms in total. The zero-order valence-corrected chi connectivity index (χ0v) is 22.1. The Hall–Kier alpha value is -3.76. The molecule has 2 atom stereocenters. The molecule has 0 saturated heterocycles. The Kier molecular flexibility index (Phi) is 8.96. The van der Waals surface area contributed by atoms with Crippen molar-refractivity contribution in [2.45, 2.75) is 38.2 Å². The summed E-state index contributed by atoms with van der Waals surface area (Å²) in [4.78, 5) is 0. The number of benzene rings is 4. The summed E-state index contributed by atoms with van der Waals surface area (Å²) in [5, 5.41) is 3.43. The standard InChI is InChI=1S/C34H37NO3/c1-2-3-20-35-21-22-36-29-16-14-28(15-17-29)34-31-19-18-30(37-24-26-10-6-4-7-11-26)23-33(31)38-25-32(34)27-12-8-5-9-13-27/h4-19,23,32,34-35H,2-3,20-22,24-25H2,1H3/t32-,34-/m0/s1. The lowest BCUT2D eigenvalue weighted by Gasteiger charge is -2.34. The van der Waals surface area contributed by atoms with Crippen molar-refractivity contribution in [2.24, 2.45) is 0 Å². The van der Waals surface area contributed by atoms with Gasteiger partial charge in [0, 0.05) is 30.0 Å². The van der Waals surface area contributed by atoms with Gasteiger partial charge in [0.15, 0.2) is 0 Å². The third kappa shape index (κ3) is 6.56. The van der Waals surface area contributed by atoms with Crippen LogP contribution in [-0.4, -0.2) is 26.3 Å². The van der Waals surface area contributed by atoms with Crippen LogP contribution in [0.2, 0.25) is 0 Å². The highest BCUT2D eigenvalue weighted by atomic mass is 16.5. The van der Waals surface area contributed by atoms with Gasteiger partial charge in [-0.05, 0) is 47.9 Å². The van der Waals surface area contributed by atoms with E-state index in [0.29, 0.717) is 19.8 Å². The second-order valence-electron chi connectivity index (χ2n) is 9.80. The summed E-state index contributed by atoms with van der Waals surface area (Å²) in [6.45, 7) is 5.93. The molecule has 0 aliphatic carbocycles. The average molecular weight is 508 g/mol. The topological polar surface area (TPSA) is 39.7 Å². The highest BCUT2D eigenvalue weighted by molar-refractivity contribution is 5.51. The third-order valence-electron chi connectivity index (χ3n) is 7.11. The summed E-state index contributed by atoms with van der Waals surface area (Å²) in [7, 11) is 0. The molecule has 0 spiro atoms. The van der Waals surface area contributed by atoms with Crippen LogP contribution in [-0.2, 0) is 6.61 Å². The summed E-state index contributed by atoms with van der Waals surface area (Å²) in [6.07, 6.45) is 2.40. The molecule has 1 N–H and O–H groups in total. The summed E-state index contributed by atoms with van der Waals surface area (Å²) in [5.74, 6) is 3.01. The number of rotatable bonds is 12. The van der Waals surface area contributed by atoms with Gasteiger partial charge < -0.3 is 19.5 Å². The molecule has 0 aromatic heterocycles. The fraction of sp³-hybridized carbons (Fsp3) is 0.294. The normalized spacial score (nSPS) is 16.3. The first-order valence-corrected chi connectivity index (χ1v) is 13.7. The lowest BCUT2D eigenvalue weighted by molar-refractivity contribution is 0.245. The molecular formula is C34H37NO3. The molecule has 4 heteroatoms. The van der Waals surface area contributed by atoms with Crippen LogP contribution in [0.4, 0.5) is 0 Å². The van der Waals surface area contributed by atoms with E-state index in [1.807, 2.05) is 24.3 Å². The zero-order chi connectivity index (χ0) is 26.0. The molecule has 4 aromatic rings. The molecule has 0 radical (unpaired) electrons. The maximum absolute atomic E-state index is 6.34. The molecule has 4 aromatic carbocycles. The first kappa shape index (κ1) is 25.9. The molecule has 0 amide bonds. The molecular weight excluding hydrogens is 470 g/mol. The molecule has 1 heterocycles. The van der Waals surface area contributed by atoms with Gasteiger partial charge in [-0.3, -0.25) is 0 Å². The largest absolute Gasteiger partial charge is 0.492 e. The van der Waals surface area contributed by atoms with Crippen molar-refractivity contribution in [3.05, 3.63) is 125 Å². The second-order valence-corrected chi connectivity index (χ2v) is 9.80. The molecule has 0 saturated carbocycles. The van der Waals surface area contributed by atoms with E-state index in [2.05, 4.69) is 91.1 Å². The Labute approximate surface area is 226 Å². The highest BCUT2D eigenvalue weighted by Gasteiger charge is 2.33. The van der Waals surface area contributed by atoms with Gasteiger partial charge in [0.25, 0.3) is 0 Å². The lowest BCUT2D eigenvalue weighted by Crippen LogP contribution is -2.25. The van der Waals surface area contributed by atoms with Crippen LogP contribution in [0.25, 0.3) is 0 Å². The first-order valence-electron chi connectivity index (χ1n) is 13.7. The van der Waals surface area contributed by atoms with E-state index in [1.54, 1.807) is 0 Å². The third-order valence-corrected chi connectivity index (χ3v) is 7.11. The van der Waals surface area contributed by atoms with E-state index in [9.17, 15) is 0 Å². The molecule has 0 unspecified atom stereocenters. The summed E-state index contributed by atoms with van der Waals surface area (Å²) in [5.41, 5.74) is 4.87. The average Bonchev–Trinajstić information content (AvgIpc) is 2.98. The first-order chi connectivity index (χ1) is 18.8. The zero-order valence-electron chi connectivity index (χ0n) is 22.1. The Bertz CT molecular complexity index is 1260. The number of fused-ring (bicyclic) bond motifs is 1. The minimum absolute atomic E-state index is 0.175. The minimum atomic E-state index is 0.175. The van der Waals surface area contributed by atoms with Gasteiger partial charge in [0.2, 0.25) is 0 Å². The molecule has 0 fully saturated rings. The Morgan fingerprint density at radius 3 is 2.26 bits per heavy atom. The maximum Gasteiger partial charge on any atom is 0.126 e. The second kappa shape index (κ2) is 13.2. The Balaban J connectivity index is 1.34. The number of hydrogen-bond donors (Lipinski definition) is 1. The van der Waals surface area contributed by atoms with E-state index in [4.69, 9.17) is 14.2 Å². The fourth-order valence-electron chi connectivity index (χ4n) is 5.06. The van der Waals surface area contributed by atoms with Crippen LogP contribution in [0, 0.1) is 0 Å². The van der Waals surface area contributed by atoms with Crippen molar-refractivity contribution >= 4 is 0 Å². The van der Waals surface area contributed by atoms with Gasteiger partial charge in [-0.15, -0.1) is 0 Å². The van der Waals surface area contributed by atoms with Gasteiger partial charge in [-0.25, -0.2) is 0 Å². The predicted octanol–water partition coefficient (Wildman–Crippen LogP) is 7.34. The van der Waals surface area contributed by atoms with E-state index in [1.165, 1.54) is 29.5 Å². The van der Waals surface area contributed by atoms with Crippen molar-refractivity contribution in [3.8, 4) is 17.2 Å². The van der Waals surface area contributed by atoms with Crippen molar-refractivity contribution in [1.29, 1.82) is 0 Å². The molecule has 5 rings (SSSR count). The van der Waals surface area contributed by atoms with Crippen LogP contribution in [0.5, 0.6) is 17.2 Å². The van der Waals surface area contributed by atoms with Gasteiger partial charge in [-0.2, -0.15) is 0 Å². The van der Waals surface area contributed by atoms with Crippen LogP contribution in [0.15, 0.2) is 103 Å². The Morgan fingerprint density at radius 2 is 1.50 bits per heavy atom. The van der Waals surface area contributed by atoms with E-state index in [0.717, 1.165) is 35.9 Å². The number of hydrogen-bond acceptors (Lipinski definition) is 4. The predicted molar refractivity (Wildman–Crippen MR) is 153 cm³/mol. The summed E-state index contributed by atoms with van der Waals surface area (Å²) < 4.78 is 18.4. The molecule has 196 valence electrons. The van der Waals surface area contributed by atoms with E-state index in [-0.39, 0.29) is 11.8 Å². The van der Waals surface area contributed by atoms with Gasteiger partial charge in [-0.1, -0.05) is 92.2 Å². The van der Waals surface area contributed by atoms with E-state index < -0.39 is 0 Å². The Morgan fingerprint density at radius 1 is 0.763 bits per heavy atom. The number of unbranched alkanes of at least 4 members (excludes halogenated alkanes) is 1. The van der Waals surface area contributed by atoms with Crippen molar-refractivity contribution < 1.29 is 14.2 Å². The number of ether oxygens (including phenoxy) is 3. The van der Waals surface area contributed by atoms with Crippen molar-refractivity contribution in [1.82, 2.24) is 5.32 Å². The summed E-state index contributed by atoms with van der Waals surface area (Å²) in [6, 6.07) is 35.8. The van der Waals surface area contributed by atoms with Crippen molar-refractivity contribution in [2.75, 3.05) is 26.3 Å².